The number of benzene rings is 3. The summed E-state index contributed by atoms with van der Waals surface area (Å²) in [7, 11) is 0. The van der Waals surface area contributed by atoms with Crippen LogP contribution < -0.4 is 4.90 Å². The molecule has 3 rings (SSSR count). The second kappa shape index (κ2) is 7.80. The topological polar surface area (TPSA) is 4.44 Å². The highest BCUT2D eigenvalue weighted by Gasteiger charge is 2.30. The van der Waals surface area contributed by atoms with Gasteiger partial charge in [0.05, 0.1) is 12.1 Å². The van der Waals surface area contributed by atoms with E-state index in [4.69, 9.17) is 0 Å². The van der Waals surface area contributed by atoms with Crippen molar-refractivity contribution in [3.8, 4) is 0 Å². The number of hydrogen-bond acceptors (Lipinski definition) is 0. The number of nitrogens with one attached hydrogen (secondary N) is 1. The third kappa shape index (κ3) is 4.27. The third-order valence-corrected chi connectivity index (χ3v) is 5.33. The summed E-state index contributed by atoms with van der Waals surface area (Å²) in [6.45, 7) is 4.51. The number of rotatable bonds is 5. The van der Waals surface area contributed by atoms with E-state index < -0.39 is 11.7 Å². The fourth-order valence-corrected chi connectivity index (χ4v) is 3.64. The van der Waals surface area contributed by atoms with Crippen LogP contribution in [-0.4, -0.2) is 6.54 Å². The molecule has 0 aliphatic heterocycles. The Morgan fingerprint density at radius 1 is 0.846 bits per heavy atom. The fraction of sp³-hybridized carbons (Fsp3) is 0.238. The zero-order valence-corrected chi connectivity index (χ0v) is 16.0. The highest BCUT2D eigenvalue weighted by atomic mass is 79.9. The van der Waals surface area contributed by atoms with Gasteiger partial charge in [0.15, 0.2) is 0 Å². The van der Waals surface area contributed by atoms with Crippen LogP contribution >= 0.6 is 15.9 Å². The van der Waals surface area contributed by atoms with Crippen molar-refractivity contribution in [2.75, 3.05) is 6.54 Å². The van der Waals surface area contributed by atoms with Crippen molar-refractivity contribution in [1.29, 1.82) is 0 Å². The number of fused-ring (bicyclic) bond motifs is 1. The summed E-state index contributed by atoms with van der Waals surface area (Å²) in [6.07, 6.45) is -4.29. The van der Waals surface area contributed by atoms with Gasteiger partial charge in [-0.15, -0.1) is 0 Å². The first-order valence-electron chi connectivity index (χ1n) is 8.54. The summed E-state index contributed by atoms with van der Waals surface area (Å²) >= 11 is 3.59. The number of quaternary nitrogens is 1. The summed E-state index contributed by atoms with van der Waals surface area (Å²) in [5.41, 5.74) is 1.56. The van der Waals surface area contributed by atoms with Crippen LogP contribution in [0.2, 0.25) is 0 Å². The number of alkyl halides is 3. The first kappa shape index (κ1) is 18.9. The summed E-state index contributed by atoms with van der Waals surface area (Å²) in [5.74, 6) is 0. The molecule has 1 nitrogen and oxygen atoms in total. The van der Waals surface area contributed by atoms with Crippen molar-refractivity contribution in [2.24, 2.45) is 0 Å². The Labute approximate surface area is 159 Å². The van der Waals surface area contributed by atoms with Crippen molar-refractivity contribution < 1.29 is 18.1 Å². The minimum Gasteiger partial charge on any atom is -0.328 e. The van der Waals surface area contributed by atoms with Crippen molar-refractivity contribution in [1.82, 2.24) is 0 Å². The van der Waals surface area contributed by atoms with E-state index in [1.54, 1.807) is 12.1 Å². The molecule has 3 aromatic carbocycles. The van der Waals surface area contributed by atoms with Gasteiger partial charge in [-0.1, -0.05) is 58.4 Å². The maximum Gasteiger partial charge on any atom is 0.416 e. The van der Waals surface area contributed by atoms with Gasteiger partial charge in [-0.3, -0.25) is 0 Å². The normalized spacial score (nSPS) is 13.1. The van der Waals surface area contributed by atoms with E-state index in [0.717, 1.165) is 35.3 Å². The summed E-state index contributed by atoms with van der Waals surface area (Å²) in [6, 6.07) is 17.9. The lowest BCUT2D eigenvalue weighted by atomic mass is 10.0. The Kier molecular flexibility index (Phi) is 5.68. The predicted octanol–water partition coefficient (Wildman–Crippen LogP) is 5.23. The molecule has 0 saturated carbocycles. The molecule has 0 heterocycles. The predicted molar refractivity (Wildman–Crippen MR) is 102 cm³/mol. The Morgan fingerprint density at radius 2 is 1.50 bits per heavy atom. The van der Waals surface area contributed by atoms with E-state index in [9.17, 15) is 13.2 Å². The number of hydrogen-bond donors (Lipinski definition) is 1. The van der Waals surface area contributed by atoms with Gasteiger partial charge < -0.3 is 4.90 Å². The lowest BCUT2D eigenvalue weighted by Gasteiger charge is -2.19. The zero-order valence-electron chi connectivity index (χ0n) is 14.4. The fourth-order valence-electron chi connectivity index (χ4n) is 3.16. The molecule has 26 heavy (non-hydrogen) atoms. The second-order valence-electron chi connectivity index (χ2n) is 6.40. The minimum absolute atomic E-state index is 0.599. The molecular formula is C21H20BrF3N+. The van der Waals surface area contributed by atoms with Crippen LogP contribution in [0.5, 0.6) is 0 Å². The Hall–Kier alpha value is -1.85. The zero-order chi connectivity index (χ0) is 18.7. The van der Waals surface area contributed by atoms with Gasteiger partial charge in [-0.25, -0.2) is 0 Å². The van der Waals surface area contributed by atoms with Gasteiger partial charge in [0.1, 0.15) is 13.1 Å². The standard InChI is InChI=1S/C21H19BrF3N/c1-2-26(13-15-7-10-17(11-8-15)21(23,24)25)14-16-9-12-20(22)19-6-4-3-5-18(16)19/h3-12H,2,13-14H2,1H3/p+1. The molecule has 0 aliphatic rings. The molecule has 5 heteroatoms. The first-order chi connectivity index (χ1) is 12.4. The molecule has 0 aromatic heterocycles. The number of halogens is 4. The van der Waals surface area contributed by atoms with E-state index in [0.29, 0.717) is 6.54 Å². The highest BCUT2D eigenvalue weighted by molar-refractivity contribution is 9.10. The second-order valence-corrected chi connectivity index (χ2v) is 7.26. The maximum atomic E-state index is 12.7. The van der Waals surface area contributed by atoms with Crippen LogP contribution in [0.15, 0.2) is 65.1 Å². The van der Waals surface area contributed by atoms with E-state index in [1.165, 1.54) is 21.2 Å². The summed E-state index contributed by atoms with van der Waals surface area (Å²) in [5, 5.41) is 2.38. The molecule has 0 bridgehead atoms. The van der Waals surface area contributed by atoms with Crippen molar-refractivity contribution in [3.05, 3.63) is 81.8 Å². The molecule has 0 amide bonds. The van der Waals surface area contributed by atoms with Crippen LogP contribution in [0.1, 0.15) is 23.6 Å². The lowest BCUT2D eigenvalue weighted by Crippen LogP contribution is -3.09. The van der Waals surface area contributed by atoms with Gasteiger partial charge in [-0.2, -0.15) is 13.2 Å². The molecule has 1 atom stereocenters. The highest BCUT2D eigenvalue weighted by Crippen LogP contribution is 2.29. The average molecular weight is 423 g/mol. The Morgan fingerprint density at radius 3 is 2.12 bits per heavy atom. The SMILES string of the molecule is CC[NH+](Cc1ccc(C(F)(F)F)cc1)Cc1ccc(Br)c2ccccc12. The van der Waals surface area contributed by atoms with E-state index in [-0.39, 0.29) is 0 Å². The molecule has 0 saturated heterocycles. The summed E-state index contributed by atoms with van der Waals surface area (Å²) in [4.78, 5) is 1.30. The molecule has 136 valence electrons. The molecule has 1 N–H and O–H groups in total. The molecular weight excluding hydrogens is 403 g/mol. The largest absolute Gasteiger partial charge is 0.416 e. The Balaban J connectivity index is 1.79. The van der Waals surface area contributed by atoms with Gasteiger partial charge in [0.2, 0.25) is 0 Å². The van der Waals surface area contributed by atoms with E-state index in [2.05, 4.69) is 47.1 Å². The molecule has 0 spiro atoms. The molecule has 0 radical (unpaired) electrons. The third-order valence-electron chi connectivity index (χ3n) is 4.64. The van der Waals surface area contributed by atoms with Crippen LogP contribution in [0.25, 0.3) is 10.8 Å². The maximum absolute atomic E-state index is 12.7. The first-order valence-corrected chi connectivity index (χ1v) is 9.33. The molecule has 3 aromatic rings. The lowest BCUT2D eigenvalue weighted by molar-refractivity contribution is -0.925. The van der Waals surface area contributed by atoms with Crippen LogP contribution in [-0.2, 0) is 19.3 Å². The van der Waals surface area contributed by atoms with Crippen LogP contribution in [0.4, 0.5) is 13.2 Å². The molecule has 0 fully saturated rings. The smallest absolute Gasteiger partial charge is 0.328 e. The van der Waals surface area contributed by atoms with Gasteiger partial charge in [0.25, 0.3) is 0 Å². The van der Waals surface area contributed by atoms with Gasteiger partial charge in [0, 0.05) is 15.6 Å². The van der Waals surface area contributed by atoms with E-state index in [1.807, 2.05) is 12.1 Å². The van der Waals surface area contributed by atoms with Crippen LogP contribution in [0, 0.1) is 0 Å². The van der Waals surface area contributed by atoms with E-state index >= 15 is 0 Å². The van der Waals surface area contributed by atoms with Crippen molar-refractivity contribution >= 4 is 26.7 Å². The summed E-state index contributed by atoms with van der Waals surface area (Å²) < 4.78 is 39.2. The van der Waals surface area contributed by atoms with Crippen molar-refractivity contribution in [2.45, 2.75) is 26.2 Å². The Bertz CT molecular complexity index is 888. The molecule has 1 unspecified atom stereocenters. The van der Waals surface area contributed by atoms with Crippen molar-refractivity contribution in [3.63, 3.8) is 0 Å². The average Bonchev–Trinajstić information content (AvgIpc) is 2.63. The minimum atomic E-state index is -4.29. The van der Waals surface area contributed by atoms with Gasteiger partial charge in [-0.05, 0) is 35.9 Å². The quantitative estimate of drug-likeness (QED) is 0.574. The van der Waals surface area contributed by atoms with Gasteiger partial charge >= 0.3 is 6.18 Å². The monoisotopic (exact) mass is 422 g/mol. The molecule has 0 aliphatic carbocycles. The van der Waals surface area contributed by atoms with Crippen LogP contribution in [0.3, 0.4) is 0 Å².